The van der Waals surface area contributed by atoms with Crippen LogP contribution in [0.4, 0.5) is 0 Å². The summed E-state index contributed by atoms with van der Waals surface area (Å²) in [6, 6.07) is 6.73. The maximum atomic E-state index is 12.3. The second-order valence-electron chi connectivity index (χ2n) is 4.18. The largest absolute Gasteiger partial charge is 0.423 e. The Morgan fingerprint density at radius 2 is 1.52 bits per heavy atom. The van der Waals surface area contributed by atoms with Crippen molar-refractivity contribution in [3.8, 4) is 5.75 Å². The minimum Gasteiger partial charge on any atom is -0.423 e. The first-order chi connectivity index (χ1) is 10.6. The Bertz CT molecular complexity index is 878. The highest BCUT2D eigenvalue weighted by Gasteiger charge is 2.19. The fourth-order valence-corrected chi connectivity index (χ4v) is 5.31. The van der Waals surface area contributed by atoms with Crippen LogP contribution in [0.2, 0.25) is 0 Å². The number of rotatable bonds is 3. The van der Waals surface area contributed by atoms with Gasteiger partial charge in [0.1, 0.15) is 5.75 Å². The number of benzene rings is 2. The Hall–Kier alpha value is 0.740. The summed E-state index contributed by atoms with van der Waals surface area (Å²) in [6.45, 7) is 0. The summed E-state index contributed by atoms with van der Waals surface area (Å²) < 4.78 is 40.0. The molecule has 2 rings (SSSR count). The molecule has 0 saturated heterocycles. The van der Waals surface area contributed by atoms with Gasteiger partial charge in [0, 0.05) is 14.3 Å². The van der Waals surface area contributed by atoms with E-state index in [9.17, 15) is 13.2 Å². The second-order valence-corrected chi connectivity index (χ2v) is 10.0. The summed E-state index contributed by atoms with van der Waals surface area (Å²) >= 11 is 8.64. The lowest BCUT2D eigenvalue weighted by molar-refractivity contribution is 0.0733. The van der Waals surface area contributed by atoms with Gasteiger partial charge in [0.2, 0.25) is 0 Å². The van der Waals surface area contributed by atoms with E-state index in [1.165, 1.54) is 24.3 Å². The summed E-state index contributed by atoms with van der Waals surface area (Å²) in [5.74, 6) is -0.331. The fourth-order valence-electron chi connectivity index (χ4n) is 1.56. The molecule has 2 aromatic carbocycles. The molecule has 0 amide bonds. The Kier molecular flexibility index (Phi) is 6.94. The third-order valence-electron chi connectivity index (χ3n) is 2.65. The highest BCUT2D eigenvalue weighted by atomic mass is 127. The molecule has 0 bridgehead atoms. The van der Waals surface area contributed by atoms with Crippen LogP contribution in [0.5, 0.6) is 5.75 Å². The maximum Gasteiger partial charge on any atom is 0.344 e. The maximum absolute atomic E-state index is 12.3. The van der Waals surface area contributed by atoms with Gasteiger partial charge in [-0.2, -0.15) is 8.42 Å². The Morgan fingerprint density at radius 1 is 0.957 bits per heavy atom. The number of ether oxygens (including phenoxy) is 1. The normalized spacial score (nSPS) is 11.3. The number of hydrogen-bond donors (Lipinski definition) is 1. The first kappa shape index (κ1) is 20.1. The predicted molar refractivity (Wildman–Crippen MR) is 119 cm³/mol. The summed E-state index contributed by atoms with van der Waals surface area (Å²) in [7, 11) is -4.27. The van der Waals surface area contributed by atoms with Gasteiger partial charge in [-0.1, -0.05) is 0 Å². The van der Waals surface area contributed by atoms with Gasteiger partial charge >= 0.3 is 5.97 Å². The first-order valence-corrected chi connectivity index (χ1v) is 11.5. The molecule has 2 aromatic rings. The number of esters is 1. The second kappa shape index (κ2) is 7.96. The number of carbonyl (C=O) groups is 1. The van der Waals surface area contributed by atoms with E-state index in [1.807, 2.05) is 0 Å². The SMILES string of the molecule is O=C(Oc1ccc(S(=O)(=O)O)cc1)c1cc(I)c(I)c(I)c1I. The average molecular weight is 782 g/mol. The topological polar surface area (TPSA) is 80.7 Å². The summed E-state index contributed by atoms with van der Waals surface area (Å²) in [6.07, 6.45) is 0. The highest BCUT2D eigenvalue weighted by Crippen LogP contribution is 2.29. The van der Waals surface area contributed by atoms with Gasteiger partial charge in [0.05, 0.1) is 10.5 Å². The smallest absolute Gasteiger partial charge is 0.344 e. The zero-order valence-corrected chi connectivity index (χ0v) is 20.3. The minimum atomic E-state index is -4.27. The van der Waals surface area contributed by atoms with E-state index in [-0.39, 0.29) is 10.6 Å². The van der Waals surface area contributed by atoms with Crippen molar-refractivity contribution in [2.45, 2.75) is 4.90 Å². The fraction of sp³-hybridized carbons (Fsp3) is 0. The molecule has 0 unspecified atom stereocenters. The van der Waals surface area contributed by atoms with Gasteiger partial charge < -0.3 is 4.74 Å². The number of halogens is 4. The van der Waals surface area contributed by atoms with E-state index >= 15 is 0 Å². The molecule has 0 fully saturated rings. The van der Waals surface area contributed by atoms with Crippen molar-refractivity contribution in [3.63, 3.8) is 0 Å². The molecule has 0 aliphatic heterocycles. The number of hydrogen-bond acceptors (Lipinski definition) is 4. The molecule has 0 aromatic heterocycles. The lowest BCUT2D eigenvalue weighted by Crippen LogP contribution is -2.12. The minimum absolute atomic E-state index is 0.196. The Labute approximate surface area is 187 Å². The van der Waals surface area contributed by atoms with Gasteiger partial charge in [-0.3, -0.25) is 4.55 Å². The molecule has 23 heavy (non-hydrogen) atoms. The van der Waals surface area contributed by atoms with Crippen molar-refractivity contribution >= 4 is 106 Å². The molecule has 0 aliphatic rings. The molecule has 0 spiro atoms. The van der Waals surface area contributed by atoms with Gasteiger partial charge in [0.15, 0.2) is 0 Å². The molecular weight excluding hydrogens is 776 g/mol. The van der Waals surface area contributed by atoms with Crippen LogP contribution in [-0.2, 0) is 10.1 Å². The quantitative estimate of drug-likeness (QED) is 0.123. The molecule has 122 valence electrons. The molecule has 0 radical (unpaired) electrons. The third kappa shape index (κ3) is 4.89. The number of carbonyl (C=O) groups excluding carboxylic acids is 1. The lowest BCUT2D eigenvalue weighted by atomic mass is 10.2. The summed E-state index contributed by atoms with van der Waals surface area (Å²) in [5, 5.41) is 0. The van der Waals surface area contributed by atoms with Crippen LogP contribution < -0.4 is 4.74 Å². The Morgan fingerprint density at radius 3 is 2.04 bits per heavy atom. The molecular formula is C13H6I4O5S. The first-order valence-electron chi connectivity index (χ1n) is 5.74. The van der Waals surface area contributed by atoms with Crippen LogP contribution in [0.3, 0.4) is 0 Å². The van der Waals surface area contributed by atoms with Crippen LogP contribution in [-0.4, -0.2) is 18.9 Å². The molecule has 0 aliphatic carbocycles. The standard InChI is InChI=1S/C13H6I4O5S/c14-9-5-8(10(15)12(17)11(9)16)13(18)22-6-1-3-7(4-2-6)23(19,20)21/h1-5H,(H,19,20,21). The summed E-state index contributed by atoms with van der Waals surface area (Å²) in [4.78, 5) is 12.1. The highest BCUT2D eigenvalue weighted by molar-refractivity contribution is 14.1. The van der Waals surface area contributed by atoms with Gasteiger partial charge in [0.25, 0.3) is 10.1 Å². The third-order valence-corrected chi connectivity index (χ3v) is 10.8. The lowest BCUT2D eigenvalue weighted by Gasteiger charge is -2.10. The van der Waals surface area contributed by atoms with Crippen LogP contribution >= 0.6 is 90.4 Å². The van der Waals surface area contributed by atoms with Crippen molar-refractivity contribution in [1.82, 2.24) is 0 Å². The summed E-state index contributed by atoms with van der Waals surface area (Å²) in [5.41, 5.74) is 0.443. The van der Waals surface area contributed by atoms with Crippen molar-refractivity contribution < 1.29 is 22.5 Å². The molecule has 5 nitrogen and oxygen atoms in total. The van der Waals surface area contributed by atoms with Crippen molar-refractivity contribution in [3.05, 3.63) is 50.2 Å². The van der Waals surface area contributed by atoms with Gasteiger partial charge in [-0.05, 0) is 121 Å². The molecule has 1 N–H and O–H groups in total. The molecule has 0 saturated carbocycles. The van der Waals surface area contributed by atoms with E-state index in [4.69, 9.17) is 9.29 Å². The van der Waals surface area contributed by atoms with Crippen LogP contribution in [0.25, 0.3) is 0 Å². The van der Waals surface area contributed by atoms with Crippen LogP contribution in [0, 0.1) is 14.3 Å². The monoisotopic (exact) mass is 782 g/mol. The predicted octanol–water partition coefficient (Wildman–Crippen LogP) is 4.57. The molecule has 0 atom stereocenters. The van der Waals surface area contributed by atoms with Crippen LogP contribution in [0.15, 0.2) is 35.2 Å². The van der Waals surface area contributed by atoms with Gasteiger partial charge in [-0.15, -0.1) is 0 Å². The average Bonchev–Trinajstić information content (AvgIpc) is 2.48. The zero-order valence-electron chi connectivity index (χ0n) is 10.9. The van der Waals surface area contributed by atoms with E-state index in [0.717, 1.165) is 14.3 Å². The van der Waals surface area contributed by atoms with Crippen molar-refractivity contribution in [2.75, 3.05) is 0 Å². The molecule has 10 heteroatoms. The van der Waals surface area contributed by atoms with Gasteiger partial charge in [-0.25, -0.2) is 4.79 Å². The van der Waals surface area contributed by atoms with Crippen molar-refractivity contribution in [2.24, 2.45) is 0 Å². The Balaban J connectivity index is 2.30. The van der Waals surface area contributed by atoms with E-state index in [0.29, 0.717) is 5.56 Å². The zero-order chi connectivity index (χ0) is 17.4. The van der Waals surface area contributed by atoms with E-state index < -0.39 is 16.1 Å². The van der Waals surface area contributed by atoms with Crippen molar-refractivity contribution in [1.29, 1.82) is 0 Å². The van der Waals surface area contributed by atoms with Crippen LogP contribution in [0.1, 0.15) is 10.4 Å². The van der Waals surface area contributed by atoms with E-state index in [1.54, 1.807) is 6.07 Å². The molecule has 0 heterocycles. The van der Waals surface area contributed by atoms with E-state index in [2.05, 4.69) is 90.4 Å².